The Morgan fingerprint density at radius 1 is 1.16 bits per heavy atom. The van der Waals surface area contributed by atoms with Crippen LogP contribution in [0.2, 0.25) is 5.02 Å². The number of urea groups is 1. The summed E-state index contributed by atoms with van der Waals surface area (Å²) in [5.41, 5.74) is 4.62. The summed E-state index contributed by atoms with van der Waals surface area (Å²) in [5.74, 6) is 0.952. The van der Waals surface area contributed by atoms with Crippen LogP contribution in [0, 0.1) is 0 Å². The summed E-state index contributed by atoms with van der Waals surface area (Å²) in [5, 5.41) is 12.6. The number of alkyl halides is 3. The molecule has 13 heteroatoms. The molecule has 0 fully saturated rings. The number of nitrogens with zero attached hydrogens (tertiary/aromatic N) is 2. The number of fused-ring (bicyclic) bond motifs is 6. The van der Waals surface area contributed by atoms with Crippen molar-refractivity contribution < 1.29 is 27.5 Å². The minimum atomic E-state index is -4.64. The molecule has 0 radical (unpaired) electrons. The Labute approximate surface area is 215 Å². The monoisotopic (exact) mass is 536 g/mol. The molecule has 0 atom stereocenters. The summed E-state index contributed by atoms with van der Waals surface area (Å²) < 4.78 is 36.2. The molecule has 2 heterocycles. The molecule has 1 aliphatic heterocycles. The number of hydrogen-bond acceptors (Lipinski definition) is 7. The lowest BCUT2D eigenvalue weighted by atomic mass is 10.0. The standard InChI is InChI=1S/C22H23ClN6O2.C2HF3O/c1-31-10-9-24-22(30)28-19-8-7-17-12-15(19)6-5-14-3-2-4-16(11-14)27-21-25-13-18(23)20(26-17)29-21;3-2(4,5)1-6/h2-4,7-8,11-13H,5-6,9-10H2,1H3,(H2,24,28,30)(H2,25,26,27,29);1H. The van der Waals surface area contributed by atoms with Gasteiger partial charge in [-0.15, -0.1) is 0 Å². The zero-order valence-electron chi connectivity index (χ0n) is 19.7. The Morgan fingerprint density at radius 3 is 2.65 bits per heavy atom. The highest BCUT2D eigenvalue weighted by molar-refractivity contribution is 6.32. The van der Waals surface area contributed by atoms with Crippen LogP contribution in [0.15, 0.2) is 48.7 Å². The number of aryl methyl sites for hydroxylation is 2. The minimum absolute atomic E-state index is 0.272. The smallest absolute Gasteiger partial charge is 0.383 e. The fourth-order valence-corrected chi connectivity index (χ4v) is 3.44. The van der Waals surface area contributed by atoms with E-state index in [0.29, 0.717) is 29.9 Å². The number of methoxy groups -OCH3 is 1. The van der Waals surface area contributed by atoms with Crippen LogP contribution in [-0.4, -0.2) is 48.7 Å². The van der Waals surface area contributed by atoms with Crippen LogP contribution >= 0.6 is 11.6 Å². The van der Waals surface area contributed by atoms with Crippen LogP contribution in [0.4, 0.5) is 46.8 Å². The van der Waals surface area contributed by atoms with Crippen molar-refractivity contribution in [1.29, 1.82) is 0 Å². The summed E-state index contributed by atoms with van der Waals surface area (Å²) in [4.78, 5) is 29.7. The summed E-state index contributed by atoms with van der Waals surface area (Å²) in [6.07, 6.45) is -2.60. The topological polar surface area (TPSA) is 117 Å². The highest BCUT2D eigenvalue weighted by atomic mass is 35.5. The molecule has 0 saturated heterocycles. The van der Waals surface area contributed by atoms with Gasteiger partial charge >= 0.3 is 12.2 Å². The van der Waals surface area contributed by atoms with Gasteiger partial charge in [0.1, 0.15) is 5.02 Å². The Hall–Kier alpha value is -3.90. The van der Waals surface area contributed by atoms with E-state index < -0.39 is 12.5 Å². The van der Waals surface area contributed by atoms with Crippen molar-refractivity contribution in [3.63, 3.8) is 0 Å². The average molecular weight is 537 g/mol. The van der Waals surface area contributed by atoms with E-state index in [-0.39, 0.29) is 6.03 Å². The number of anilines is 5. The summed E-state index contributed by atoms with van der Waals surface area (Å²) in [7, 11) is 1.60. The van der Waals surface area contributed by atoms with Crippen molar-refractivity contribution in [3.8, 4) is 0 Å². The number of amides is 2. The molecule has 1 aromatic heterocycles. The van der Waals surface area contributed by atoms with Crippen LogP contribution in [-0.2, 0) is 22.4 Å². The highest BCUT2D eigenvalue weighted by Gasteiger charge is 2.24. The third-order valence-corrected chi connectivity index (χ3v) is 5.23. The van der Waals surface area contributed by atoms with Gasteiger partial charge in [-0.25, -0.2) is 9.78 Å². The molecule has 6 bridgehead atoms. The van der Waals surface area contributed by atoms with Crippen LogP contribution in [0.1, 0.15) is 11.1 Å². The second-order valence-corrected chi connectivity index (χ2v) is 8.15. The summed E-state index contributed by atoms with van der Waals surface area (Å²) in [6, 6.07) is 13.6. The van der Waals surface area contributed by atoms with Gasteiger partial charge in [-0.1, -0.05) is 23.7 Å². The largest absolute Gasteiger partial charge is 0.446 e. The first-order valence-electron chi connectivity index (χ1n) is 11.0. The SMILES string of the molecule is COCCNC(=O)Nc1ccc2cc1CCc1cccc(c1)Nc1ncc(Cl)c(n1)N2.O=CC(F)(F)F. The first kappa shape index (κ1) is 27.7. The predicted octanol–water partition coefficient (Wildman–Crippen LogP) is 5.23. The quantitative estimate of drug-likeness (QED) is 0.266. The van der Waals surface area contributed by atoms with Gasteiger partial charge in [-0.05, 0) is 54.3 Å². The van der Waals surface area contributed by atoms with Gasteiger partial charge in [0, 0.05) is 30.7 Å². The third-order valence-electron chi connectivity index (χ3n) is 4.95. The van der Waals surface area contributed by atoms with Gasteiger partial charge in [0.25, 0.3) is 0 Å². The number of ether oxygens (including phenoxy) is 1. The third kappa shape index (κ3) is 8.92. The van der Waals surface area contributed by atoms with E-state index in [0.717, 1.165) is 41.0 Å². The molecule has 0 unspecified atom stereocenters. The average Bonchev–Trinajstić information content (AvgIpc) is 2.86. The Bertz CT molecular complexity index is 1240. The second kappa shape index (κ2) is 12.9. The van der Waals surface area contributed by atoms with Crippen molar-refractivity contribution in [2.24, 2.45) is 0 Å². The summed E-state index contributed by atoms with van der Waals surface area (Å²) in [6.45, 7) is 0.890. The van der Waals surface area contributed by atoms with E-state index >= 15 is 0 Å². The molecule has 0 saturated carbocycles. The number of benzene rings is 2. The lowest BCUT2D eigenvalue weighted by Gasteiger charge is -2.15. The van der Waals surface area contributed by atoms with Gasteiger partial charge in [0.2, 0.25) is 12.2 Å². The highest BCUT2D eigenvalue weighted by Crippen LogP contribution is 2.29. The maximum atomic E-state index is 12.2. The van der Waals surface area contributed by atoms with E-state index in [1.165, 1.54) is 0 Å². The van der Waals surface area contributed by atoms with Crippen LogP contribution in [0.5, 0.6) is 0 Å². The number of nitrogens with one attached hydrogen (secondary N) is 4. The predicted molar refractivity (Wildman–Crippen MR) is 135 cm³/mol. The van der Waals surface area contributed by atoms with Crippen LogP contribution in [0.3, 0.4) is 0 Å². The summed E-state index contributed by atoms with van der Waals surface area (Å²) >= 11 is 6.30. The van der Waals surface area contributed by atoms with Gasteiger partial charge in [-0.3, -0.25) is 4.79 Å². The fourth-order valence-electron chi connectivity index (χ4n) is 3.30. The number of aromatic nitrogens is 2. The van der Waals surface area contributed by atoms with Gasteiger partial charge in [0.15, 0.2) is 5.82 Å². The van der Waals surface area contributed by atoms with Crippen molar-refractivity contribution in [1.82, 2.24) is 15.3 Å². The maximum absolute atomic E-state index is 12.2. The van der Waals surface area contributed by atoms with Crippen molar-refractivity contribution >= 4 is 52.7 Å². The van der Waals surface area contributed by atoms with E-state index in [1.807, 2.05) is 30.3 Å². The number of aldehydes is 1. The van der Waals surface area contributed by atoms with E-state index in [9.17, 15) is 18.0 Å². The fraction of sp³-hybridized carbons (Fsp3) is 0.250. The zero-order chi connectivity index (χ0) is 26.8. The van der Waals surface area contributed by atoms with Crippen molar-refractivity contribution in [2.75, 3.05) is 36.2 Å². The number of hydrogen-bond donors (Lipinski definition) is 4. The number of carbonyl (C=O) groups is 2. The Morgan fingerprint density at radius 2 is 1.92 bits per heavy atom. The lowest BCUT2D eigenvalue weighted by molar-refractivity contribution is -0.156. The first-order valence-corrected chi connectivity index (χ1v) is 11.4. The van der Waals surface area contributed by atoms with Gasteiger partial charge in [0.05, 0.1) is 12.8 Å². The molecule has 4 rings (SSSR count). The van der Waals surface area contributed by atoms with E-state index in [2.05, 4.69) is 43.4 Å². The molecule has 196 valence electrons. The molecule has 4 N–H and O–H groups in total. The zero-order valence-corrected chi connectivity index (χ0v) is 20.4. The molecule has 2 aromatic carbocycles. The molecule has 0 spiro atoms. The van der Waals surface area contributed by atoms with Crippen LogP contribution < -0.4 is 21.3 Å². The van der Waals surface area contributed by atoms with E-state index in [4.69, 9.17) is 21.1 Å². The Balaban J connectivity index is 0.000000568. The van der Waals surface area contributed by atoms with Gasteiger partial charge < -0.3 is 26.0 Å². The first-order chi connectivity index (χ1) is 17.7. The maximum Gasteiger partial charge on any atom is 0.446 e. The van der Waals surface area contributed by atoms with Gasteiger partial charge in [-0.2, -0.15) is 18.2 Å². The van der Waals surface area contributed by atoms with Crippen molar-refractivity contribution in [2.45, 2.75) is 19.0 Å². The molecule has 9 nitrogen and oxygen atoms in total. The molecule has 2 amide bonds. The molecular formula is C24H24ClF3N6O3. The van der Waals surface area contributed by atoms with E-state index in [1.54, 1.807) is 13.3 Å². The van der Waals surface area contributed by atoms with Crippen molar-refractivity contribution in [3.05, 3.63) is 64.8 Å². The molecule has 1 aliphatic rings. The normalized spacial score (nSPS) is 12.1. The minimum Gasteiger partial charge on any atom is -0.383 e. The van der Waals surface area contributed by atoms with Crippen LogP contribution in [0.25, 0.3) is 0 Å². The molecule has 0 aliphatic carbocycles. The second-order valence-electron chi connectivity index (χ2n) is 7.75. The molecular weight excluding hydrogens is 513 g/mol. The number of carbonyl (C=O) groups excluding carboxylic acids is 2. The Kier molecular flexibility index (Phi) is 9.64. The number of rotatable bonds is 4. The lowest BCUT2D eigenvalue weighted by Crippen LogP contribution is -2.31. The molecule has 37 heavy (non-hydrogen) atoms. The molecule has 3 aromatic rings. The number of halogens is 4.